The zero-order valence-electron chi connectivity index (χ0n) is 36.7. The molecule has 0 amide bonds. The van der Waals surface area contributed by atoms with Gasteiger partial charge in [-0.15, -0.1) is 0 Å². The summed E-state index contributed by atoms with van der Waals surface area (Å²) in [7, 11) is 2.89. The van der Waals surface area contributed by atoms with Crippen LogP contribution in [0.4, 0.5) is 43.9 Å². The van der Waals surface area contributed by atoms with Gasteiger partial charge in [-0.25, -0.2) is 17.6 Å². The molecular formula is C52H46F10O5. The van der Waals surface area contributed by atoms with E-state index in [9.17, 15) is 54.1 Å². The minimum atomic E-state index is -4.48. The first kappa shape index (κ1) is 49.8. The van der Waals surface area contributed by atoms with Gasteiger partial charge in [0.1, 0.15) is 57.8 Å². The molecule has 0 saturated carbocycles. The van der Waals surface area contributed by atoms with Gasteiger partial charge in [0.05, 0.1) is 20.6 Å². The molecule has 6 aromatic carbocycles. The molecule has 1 heterocycles. The molecule has 0 bridgehead atoms. The Labute approximate surface area is 380 Å². The molecule has 1 aliphatic rings. The fourth-order valence-electron chi connectivity index (χ4n) is 8.01. The van der Waals surface area contributed by atoms with Crippen LogP contribution in [0, 0.1) is 23.3 Å². The maximum atomic E-state index is 14.9. The summed E-state index contributed by atoms with van der Waals surface area (Å²) >= 11 is 0. The summed E-state index contributed by atoms with van der Waals surface area (Å²) in [5.41, 5.74) is 2.36. The van der Waals surface area contributed by atoms with E-state index >= 15 is 0 Å². The number of hydrogen-bond acceptors (Lipinski definition) is 5. The standard InChI is InChI=1S/C26H25F5O3.C26H21F5O2/c1-3-6-15-11-22(32)18(13-20(15)27)25(17-7-4-5-8-24(17)34-2)19-14-21(28)16(12-23(19)33)9-10-26(29,30)31;1-3-6-15-11-23-18(13-20(15)27)25(17-7-4-5-8-22(17)32-2)19-14-21(28)16(12-24(19)33-23)9-10-26(29,30)31/h4-5,7-8,11-14,25,32-33H,3,6,9-10H2,1-2H3;4-5,7-9,11-14H,3,6,10H2,1-2H3/b;16-9-. The lowest BCUT2D eigenvalue weighted by molar-refractivity contribution is -0.134. The van der Waals surface area contributed by atoms with Crippen LogP contribution in [0.25, 0.3) is 11.6 Å². The molecule has 0 aliphatic carbocycles. The minimum Gasteiger partial charge on any atom is -0.508 e. The van der Waals surface area contributed by atoms with Crippen LogP contribution in [0.5, 0.6) is 34.5 Å². The summed E-state index contributed by atoms with van der Waals surface area (Å²) in [4.78, 5) is 0. The van der Waals surface area contributed by atoms with Crippen LogP contribution in [0.1, 0.15) is 90.0 Å². The number of ether oxygens (including phenoxy) is 3. The van der Waals surface area contributed by atoms with Gasteiger partial charge in [-0.2, -0.15) is 26.3 Å². The van der Waals surface area contributed by atoms with Crippen molar-refractivity contribution in [2.75, 3.05) is 14.2 Å². The van der Waals surface area contributed by atoms with E-state index in [1.165, 1.54) is 32.4 Å². The average molecular weight is 941 g/mol. The van der Waals surface area contributed by atoms with Crippen molar-refractivity contribution in [3.63, 3.8) is 0 Å². The lowest BCUT2D eigenvalue weighted by atomic mass is 9.82. The van der Waals surface area contributed by atoms with Crippen LogP contribution < -0.4 is 24.6 Å². The maximum absolute atomic E-state index is 14.9. The molecule has 5 nitrogen and oxygen atoms in total. The van der Waals surface area contributed by atoms with E-state index in [2.05, 4.69) is 0 Å². The molecule has 1 atom stereocenters. The van der Waals surface area contributed by atoms with Crippen molar-refractivity contribution in [3.05, 3.63) is 175 Å². The predicted molar refractivity (Wildman–Crippen MR) is 234 cm³/mol. The number of para-hydroxylation sites is 2. The van der Waals surface area contributed by atoms with Crippen molar-refractivity contribution in [3.8, 4) is 34.5 Å². The van der Waals surface area contributed by atoms with Gasteiger partial charge in [-0.05, 0) is 96.6 Å². The Morgan fingerprint density at radius 3 is 1.67 bits per heavy atom. The SMILES string of the molecule is CCCc1cc(O)c(C(c2cc(F)c(CCC(F)(F)F)cc2O)c2ccccc2OC)cc1F.CCCc1cc2c(cc1F)C(c1ccccc1OC)=c1cc(F)/c(=C\CC(F)(F)F)cc1O2. The molecule has 0 fully saturated rings. The van der Waals surface area contributed by atoms with E-state index in [-0.39, 0.29) is 33.4 Å². The van der Waals surface area contributed by atoms with E-state index < -0.39 is 66.6 Å². The summed E-state index contributed by atoms with van der Waals surface area (Å²) in [6.45, 7) is 3.79. The molecule has 354 valence electrons. The van der Waals surface area contributed by atoms with Crippen LogP contribution >= 0.6 is 0 Å². The van der Waals surface area contributed by atoms with Gasteiger partial charge in [0.15, 0.2) is 0 Å². The topological polar surface area (TPSA) is 68.2 Å². The molecule has 0 aromatic heterocycles. The third-order valence-corrected chi connectivity index (χ3v) is 11.1. The van der Waals surface area contributed by atoms with Gasteiger partial charge >= 0.3 is 12.4 Å². The van der Waals surface area contributed by atoms with Gasteiger partial charge in [0.2, 0.25) is 0 Å². The van der Waals surface area contributed by atoms with Gasteiger partial charge in [0.25, 0.3) is 0 Å². The molecule has 6 aromatic rings. The quantitative estimate of drug-likeness (QED) is 0.0890. The fraction of sp³-hybridized carbons (Fsp3) is 0.269. The van der Waals surface area contributed by atoms with Crippen LogP contribution in [0.15, 0.2) is 97.1 Å². The number of fused-ring (bicyclic) bond motifs is 2. The zero-order valence-corrected chi connectivity index (χ0v) is 36.7. The molecule has 2 N–H and O–H groups in total. The second-order valence-electron chi connectivity index (χ2n) is 15.8. The Morgan fingerprint density at radius 1 is 0.567 bits per heavy atom. The van der Waals surface area contributed by atoms with E-state index in [4.69, 9.17) is 14.2 Å². The Balaban J connectivity index is 0.000000221. The molecule has 67 heavy (non-hydrogen) atoms. The second-order valence-corrected chi connectivity index (χ2v) is 15.8. The lowest BCUT2D eigenvalue weighted by Gasteiger charge is -2.24. The van der Waals surface area contributed by atoms with E-state index in [0.29, 0.717) is 75.1 Å². The zero-order chi connectivity index (χ0) is 48.8. The molecular weight excluding hydrogens is 895 g/mol. The average Bonchev–Trinajstić information content (AvgIpc) is 3.27. The van der Waals surface area contributed by atoms with Crippen molar-refractivity contribution in [1.82, 2.24) is 0 Å². The number of aryl methyl sites for hydroxylation is 3. The highest BCUT2D eigenvalue weighted by atomic mass is 19.4. The lowest BCUT2D eigenvalue weighted by Crippen LogP contribution is -2.23. The number of aromatic hydroxyl groups is 2. The number of phenolic OH excluding ortho intramolecular Hbond substituents is 2. The smallest absolute Gasteiger partial charge is 0.392 e. The predicted octanol–water partition coefficient (Wildman–Crippen LogP) is 13.0. The molecule has 1 aliphatic heterocycles. The Hall–Kier alpha value is -6.64. The van der Waals surface area contributed by atoms with Gasteiger partial charge in [-0.1, -0.05) is 69.2 Å². The third-order valence-electron chi connectivity index (χ3n) is 11.1. The van der Waals surface area contributed by atoms with E-state index in [1.54, 1.807) is 54.6 Å². The highest BCUT2D eigenvalue weighted by molar-refractivity contribution is 5.87. The van der Waals surface area contributed by atoms with Crippen molar-refractivity contribution < 1.29 is 68.3 Å². The summed E-state index contributed by atoms with van der Waals surface area (Å²) in [6, 6.07) is 23.2. The molecule has 0 saturated heterocycles. The molecule has 0 spiro atoms. The van der Waals surface area contributed by atoms with Gasteiger partial charge in [-0.3, -0.25) is 0 Å². The van der Waals surface area contributed by atoms with Crippen LogP contribution in [-0.2, 0) is 19.3 Å². The first-order chi connectivity index (χ1) is 31.8. The van der Waals surface area contributed by atoms with Crippen molar-refractivity contribution >= 4 is 11.6 Å². The highest BCUT2D eigenvalue weighted by Crippen LogP contribution is 2.46. The number of phenols is 2. The van der Waals surface area contributed by atoms with Crippen molar-refractivity contribution in [2.45, 2.75) is 77.1 Å². The number of methoxy groups -OCH3 is 2. The van der Waals surface area contributed by atoms with Gasteiger partial charge in [0, 0.05) is 56.2 Å². The fourth-order valence-corrected chi connectivity index (χ4v) is 8.01. The summed E-state index contributed by atoms with van der Waals surface area (Å²) < 4.78 is 152. The van der Waals surface area contributed by atoms with Crippen molar-refractivity contribution in [1.29, 1.82) is 0 Å². The number of halogens is 10. The molecule has 15 heteroatoms. The Bertz CT molecular complexity index is 2870. The second kappa shape index (κ2) is 20.9. The monoisotopic (exact) mass is 940 g/mol. The van der Waals surface area contributed by atoms with Gasteiger partial charge < -0.3 is 24.4 Å². The summed E-state index contributed by atoms with van der Waals surface area (Å²) in [5, 5.41) is 21.6. The van der Waals surface area contributed by atoms with Crippen LogP contribution in [-0.4, -0.2) is 36.8 Å². The third kappa shape index (κ3) is 11.7. The molecule has 1 unspecified atom stereocenters. The van der Waals surface area contributed by atoms with E-state index in [0.717, 1.165) is 36.8 Å². The largest absolute Gasteiger partial charge is 0.508 e. The van der Waals surface area contributed by atoms with Crippen LogP contribution in [0.3, 0.4) is 0 Å². The maximum Gasteiger partial charge on any atom is 0.392 e. The first-order valence-electron chi connectivity index (χ1n) is 21.2. The summed E-state index contributed by atoms with van der Waals surface area (Å²) in [5.74, 6) is -3.21. The number of benzene rings is 6. The normalized spacial score (nSPS) is 13.0. The molecule has 7 rings (SSSR count). The van der Waals surface area contributed by atoms with E-state index in [1.807, 2.05) is 13.8 Å². The van der Waals surface area contributed by atoms with Crippen molar-refractivity contribution in [2.24, 2.45) is 0 Å². The van der Waals surface area contributed by atoms with Crippen LogP contribution in [0.2, 0.25) is 0 Å². The summed E-state index contributed by atoms with van der Waals surface area (Å²) in [6.07, 6.45) is -9.06. The minimum absolute atomic E-state index is 0.0456. The number of alkyl halides is 6. The number of hydrogen-bond donors (Lipinski definition) is 2. The number of rotatable bonds is 13. The first-order valence-corrected chi connectivity index (χ1v) is 21.2. The highest BCUT2D eigenvalue weighted by Gasteiger charge is 2.31. The molecule has 0 radical (unpaired) electrons. The Kier molecular flexibility index (Phi) is 15.5. The Morgan fingerprint density at radius 2 is 1.10 bits per heavy atom.